The zero-order valence-corrected chi connectivity index (χ0v) is 18.2. The number of anilines is 1. The normalized spacial score (nSPS) is 24.8. The van der Waals surface area contributed by atoms with E-state index in [0.717, 1.165) is 11.0 Å². The van der Waals surface area contributed by atoms with Crippen LogP contribution < -0.4 is 4.90 Å². The summed E-state index contributed by atoms with van der Waals surface area (Å²) in [6.07, 6.45) is -1.06. The van der Waals surface area contributed by atoms with Crippen LogP contribution in [0.1, 0.15) is 32.4 Å². The Morgan fingerprint density at radius 3 is 2.09 bits per heavy atom. The fourth-order valence-electron chi connectivity index (χ4n) is 5.34. The summed E-state index contributed by atoms with van der Waals surface area (Å²) in [4.78, 5) is 55.5. The maximum Gasteiger partial charge on any atom is 0.241 e. The summed E-state index contributed by atoms with van der Waals surface area (Å²) < 4.78 is 20.1. The highest BCUT2D eigenvalue weighted by atomic mass is 35.5. The smallest absolute Gasteiger partial charge is 0.241 e. The summed E-state index contributed by atoms with van der Waals surface area (Å²) >= 11 is 6.01. The molecule has 2 heterocycles. The highest BCUT2D eigenvalue weighted by Gasteiger charge is 2.74. The van der Waals surface area contributed by atoms with Gasteiger partial charge in [-0.25, -0.2) is 9.29 Å². The molecule has 6 nitrogen and oxygen atoms in total. The van der Waals surface area contributed by atoms with E-state index in [1.165, 1.54) is 30.3 Å². The van der Waals surface area contributed by atoms with Crippen molar-refractivity contribution in [3.8, 4) is 0 Å². The summed E-state index contributed by atoms with van der Waals surface area (Å²) in [6.45, 7) is 0. The van der Waals surface area contributed by atoms with E-state index in [0.29, 0.717) is 10.6 Å². The van der Waals surface area contributed by atoms with E-state index in [1.807, 2.05) is 0 Å². The van der Waals surface area contributed by atoms with Crippen molar-refractivity contribution in [1.29, 1.82) is 0 Å². The highest BCUT2D eigenvalue weighted by molar-refractivity contribution is 6.37. The second kappa shape index (κ2) is 7.16. The second-order valence-electron chi connectivity index (χ2n) is 8.52. The first-order valence-corrected chi connectivity index (χ1v) is 11.0. The van der Waals surface area contributed by atoms with E-state index in [4.69, 9.17) is 16.3 Å². The van der Waals surface area contributed by atoms with Gasteiger partial charge >= 0.3 is 0 Å². The van der Waals surface area contributed by atoms with Crippen LogP contribution in [-0.4, -0.2) is 29.0 Å². The molecule has 2 fully saturated rings. The molecule has 0 bridgehead atoms. The number of amides is 2. The maximum atomic E-state index is 13.9. The number of fused-ring (bicyclic) bond motifs is 3. The van der Waals surface area contributed by atoms with Gasteiger partial charge in [0.15, 0.2) is 0 Å². The van der Waals surface area contributed by atoms with Crippen molar-refractivity contribution in [1.82, 2.24) is 0 Å². The average Bonchev–Trinajstić information content (AvgIpc) is 3.40. The van der Waals surface area contributed by atoms with Gasteiger partial charge in [-0.2, -0.15) is 0 Å². The number of benzene rings is 3. The molecule has 2 amide bonds. The molecule has 0 N–H and O–H groups in total. The summed E-state index contributed by atoms with van der Waals surface area (Å²) in [5.74, 6) is -5.91. The molecule has 0 aromatic heterocycles. The molecule has 3 atom stereocenters. The molecule has 8 heteroatoms. The average molecular weight is 476 g/mol. The summed E-state index contributed by atoms with van der Waals surface area (Å²) in [7, 11) is 0. The first kappa shape index (κ1) is 20.9. The van der Waals surface area contributed by atoms with Gasteiger partial charge in [0.25, 0.3) is 0 Å². The molecule has 1 aliphatic carbocycles. The zero-order chi connectivity index (χ0) is 23.8. The minimum Gasteiger partial charge on any atom is -0.349 e. The Morgan fingerprint density at radius 2 is 1.47 bits per heavy atom. The van der Waals surface area contributed by atoms with Crippen molar-refractivity contribution in [3.63, 3.8) is 0 Å². The third-order valence-corrected chi connectivity index (χ3v) is 7.04. The van der Waals surface area contributed by atoms with Crippen molar-refractivity contribution in [2.24, 2.45) is 11.8 Å². The van der Waals surface area contributed by atoms with Gasteiger partial charge in [0.1, 0.15) is 5.82 Å². The van der Waals surface area contributed by atoms with Crippen molar-refractivity contribution in [2.75, 3.05) is 4.90 Å². The summed E-state index contributed by atoms with van der Waals surface area (Å²) in [5, 5.41) is 0.448. The minimum atomic E-state index is -2.17. The predicted molar refractivity (Wildman–Crippen MR) is 119 cm³/mol. The lowest BCUT2D eigenvalue weighted by molar-refractivity contribution is -0.127. The van der Waals surface area contributed by atoms with Gasteiger partial charge in [-0.3, -0.25) is 19.2 Å². The van der Waals surface area contributed by atoms with E-state index in [1.54, 1.807) is 36.4 Å². The molecule has 6 rings (SSSR count). The number of hydrogen-bond acceptors (Lipinski definition) is 5. The predicted octanol–water partition coefficient (Wildman–Crippen LogP) is 4.17. The minimum absolute atomic E-state index is 0.0322. The number of halogens is 2. The van der Waals surface area contributed by atoms with Gasteiger partial charge in [0, 0.05) is 16.1 Å². The lowest BCUT2D eigenvalue weighted by atomic mass is 9.77. The Kier molecular flexibility index (Phi) is 4.40. The topological polar surface area (TPSA) is 80.8 Å². The number of rotatable bonds is 2. The Labute approximate surface area is 197 Å². The third kappa shape index (κ3) is 2.59. The molecule has 3 aliphatic rings. The lowest BCUT2D eigenvalue weighted by Crippen LogP contribution is -2.51. The second-order valence-corrected chi connectivity index (χ2v) is 8.96. The quantitative estimate of drug-likeness (QED) is 0.410. The van der Waals surface area contributed by atoms with Gasteiger partial charge in [0.2, 0.25) is 29.0 Å². The van der Waals surface area contributed by atoms with Crippen molar-refractivity contribution < 1.29 is 28.3 Å². The van der Waals surface area contributed by atoms with Gasteiger partial charge < -0.3 is 4.74 Å². The van der Waals surface area contributed by atoms with Crippen LogP contribution in [0.5, 0.6) is 0 Å². The number of ketones is 2. The standard InChI is InChI=1S/C26H15ClFNO5/c27-14-10-8-13(9-11-14)21-19-20(25(33)29(24(19)32)16-5-3-4-15(28)12-16)26(34-21)22(30)17-6-1-2-7-18(17)23(26)31/h1-12,19-21H/t19-,20-,21+/m1/s1. The van der Waals surface area contributed by atoms with Crippen LogP contribution in [0, 0.1) is 17.7 Å². The SMILES string of the molecule is O=C1[C@H]2[C@H](c3ccc(Cl)cc3)OC3(C(=O)c4ccccc4C3=O)[C@H]2C(=O)N1c1cccc(F)c1. The van der Waals surface area contributed by atoms with E-state index in [2.05, 4.69) is 0 Å². The van der Waals surface area contributed by atoms with Gasteiger partial charge in [-0.05, 0) is 35.9 Å². The highest BCUT2D eigenvalue weighted by Crippen LogP contribution is 2.57. The summed E-state index contributed by atoms with van der Waals surface area (Å²) in [6, 6.07) is 17.8. The molecular formula is C26H15ClFNO5. The summed E-state index contributed by atoms with van der Waals surface area (Å²) in [5.41, 5.74) is -1.35. The number of imide groups is 1. The van der Waals surface area contributed by atoms with Crippen LogP contribution in [0.3, 0.4) is 0 Å². The van der Waals surface area contributed by atoms with Crippen LogP contribution in [0.2, 0.25) is 5.02 Å². The van der Waals surface area contributed by atoms with Gasteiger partial charge in [-0.15, -0.1) is 0 Å². The van der Waals surface area contributed by atoms with Gasteiger partial charge in [0.05, 0.1) is 23.6 Å². The number of ether oxygens (including phenoxy) is 1. The van der Waals surface area contributed by atoms with E-state index in [9.17, 15) is 23.6 Å². The lowest BCUT2D eigenvalue weighted by Gasteiger charge is -2.27. The Balaban J connectivity index is 1.55. The maximum absolute atomic E-state index is 13.9. The molecule has 2 aliphatic heterocycles. The Morgan fingerprint density at radius 1 is 0.824 bits per heavy atom. The van der Waals surface area contributed by atoms with Crippen LogP contribution in [0.4, 0.5) is 10.1 Å². The fourth-order valence-corrected chi connectivity index (χ4v) is 5.47. The molecule has 0 saturated carbocycles. The molecule has 2 saturated heterocycles. The van der Waals surface area contributed by atoms with Crippen LogP contribution in [0.25, 0.3) is 0 Å². The first-order valence-electron chi connectivity index (χ1n) is 10.6. The Bertz CT molecular complexity index is 1380. The molecular weight excluding hydrogens is 461 g/mol. The number of hydrogen-bond donors (Lipinski definition) is 0. The van der Waals surface area contributed by atoms with Gasteiger partial charge in [-0.1, -0.05) is 54.1 Å². The fraction of sp³-hybridized carbons (Fsp3) is 0.154. The molecule has 34 heavy (non-hydrogen) atoms. The number of carbonyl (C=O) groups is 4. The molecule has 168 valence electrons. The van der Waals surface area contributed by atoms with E-state index < -0.39 is 52.7 Å². The molecule has 1 spiro atoms. The van der Waals surface area contributed by atoms with E-state index >= 15 is 0 Å². The van der Waals surface area contributed by atoms with Crippen molar-refractivity contribution >= 4 is 40.7 Å². The first-order chi connectivity index (χ1) is 16.3. The van der Waals surface area contributed by atoms with E-state index in [-0.39, 0.29) is 16.8 Å². The van der Waals surface area contributed by atoms with Crippen LogP contribution >= 0.6 is 11.6 Å². The van der Waals surface area contributed by atoms with Crippen LogP contribution in [0.15, 0.2) is 72.8 Å². The molecule has 3 aromatic carbocycles. The number of carbonyl (C=O) groups excluding carboxylic acids is 4. The molecule has 3 aromatic rings. The van der Waals surface area contributed by atoms with Crippen LogP contribution in [-0.2, 0) is 14.3 Å². The van der Waals surface area contributed by atoms with Crippen molar-refractivity contribution in [2.45, 2.75) is 11.7 Å². The largest absolute Gasteiger partial charge is 0.349 e. The monoisotopic (exact) mass is 475 g/mol. The number of Topliss-reactive ketones (excluding diaryl/α,β-unsaturated/α-hetero) is 2. The Hall–Kier alpha value is -3.68. The number of nitrogens with zero attached hydrogens (tertiary/aromatic N) is 1. The van der Waals surface area contributed by atoms with Crippen molar-refractivity contribution in [3.05, 3.63) is 100 Å². The zero-order valence-electron chi connectivity index (χ0n) is 17.4. The molecule has 0 unspecified atom stereocenters. The third-order valence-electron chi connectivity index (χ3n) is 6.78. The molecule has 0 radical (unpaired) electrons.